The monoisotopic (exact) mass is 642 g/mol. The van der Waals surface area contributed by atoms with Crippen LogP contribution in [0.4, 0.5) is 5.69 Å². The first-order valence-corrected chi connectivity index (χ1v) is 16.8. The number of rotatable bonds is 5. The highest BCUT2D eigenvalue weighted by molar-refractivity contribution is 7.99. The average molecular weight is 643 g/mol. The van der Waals surface area contributed by atoms with Gasteiger partial charge in [0.05, 0.1) is 9.82 Å². The van der Waals surface area contributed by atoms with Gasteiger partial charge in [0.15, 0.2) is 0 Å². The molecule has 4 saturated carbocycles. The minimum absolute atomic E-state index is 0.0181. The van der Waals surface area contributed by atoms with E-state index < -0.39 is 46.7 Å². The lowest BCUT2D eigenvalue weighted by Gasteiger charge is -2.56. The molecule has 5 amide bonds. The molecule has 1 aromatic carbocycles. The Hall–Kier alpha value is -3.68. The lowest BCUT2D eigenvalue weighted by atomic mass is 9.49. The molecule has 6 N–H and O–H groups in total. The third-order valence-corrected chi connectivity index (χ3v) is 11.0. The fourth-order valence-corrected chi connectivity index (χ4v) is 9.13. The lowest BCUT2D eigenvalue weighted by molar-refractivity contribution is -0.387. The van der Waals surface area contributed by atoms with Gasteiger partial charge in [-0.15, -0.1) is 11.8 Å². The second-order valence-electron chi connectivity index (χ2n) is 13.4. The highest BCUT2D eigenvalue weighted by Crippen LogP contribution is 2.61. The van der Waals surface area contributed by atoms with Gasteiger partial charge in [0.25, 0.3) is 11.6 Å². The number of nitrogens with one attached hydrogen (secondary N) is 4. The number of nitrogens with two attached hydrogens (primary N) is 1. The van der Waals surface area contributed by atoms with Gasteiger partial charge in [-0.2, -0.15) is 0 Å². The molecule has 0 spiro atoms. The second kappa shape index (κ2) is 13.8. The van der Waals surface area contributed by atoms with E-state index in [4.69, 9.17) is 5.73 Å². The molecule has 45 heavy (non-hydrogen) atoms. The van der Waals surface area contributed by atoms with E-state index in [1.807, 2.05) is 0 Å². The largest absolute Gasteiger partial charge is 0.368 e. The summed E-state index contributed by atoms with van der Waals surface area (Å²) in [4.78, 5) is 75.9. The summed E-state index contributed by atoms with van der Waals surface area (Å²) in [5, 5.41) is 22.8. The maximum atomic E-state index is 13.5. The summed E-state index contributed by atoms with van der Waals surface area (Å²) in [5.41, 5.74) is 5.10. The number of thioether (sulfide) groups is 1. The molecule has 14 heteroatoms. The van der Waals surface area contributed by atoms with Crippen molar-refractivity contribution < 1.29 is 28.9 Å². The smallest absolute Gasteiger partial charge is 0.283 e. The predicted octanol–water partition coefficient (Wildman–Crippen LogP) is 2.17. The molecule has 2 aliphatic heterocycles. The summed E-state index contributed by atoms with van der Waals surface area (Å²) in [5.74, 6) is -0.587. The minimum atomic E-state index is -1.04. The van der Waals surface area contributed by atoms with Crippen LogP contribution in [0.3, 0.4) is 0 Å². The molecule has 0 aromatic heterocycles. The molecule has 244 valence electrons. The first kappa shape index (κ1) is 32.7. The Bertz CT molecular complexity index is 1330. The molecule has 0 unspecified atom stereocenters. The predicted molar refractivity (Wildman–Crippen MR) is 166 cm³/mol. The van der Waals surface area contributed by atoms with Crippen LogP contribution in [-0.4, -0.2) is 64.9 Å². The van der Waals surface area contributed by atoms with Gasteiger partial charge in [0, 0.05) is 30.3 Å². The number of benzene rings is 1. The third kappa shape index (κ3) is 7.95. The van der Waals surface area contributed by atoms with Gasteiger partial charge < -0.3 is 27.0 Å². The van der Waals surface area contributed by atoms with Gasteiger partial charge in [-0.25, -0.2) is 0 Å². The van der Waals surface area contributed by atoms with E-state index in [2.05, 4.69) is 21.3 Å². The van der Waals surface area contributed by atoms with Gasteiger partial charge in [-0.1, -0.05) is 0 Å². The van der Waals surface area contributed by atoms with Crippen molar-refractivity contribution in [2.24, 2.45) is 28.9 Å². The second-order valence-corrected chi connectivity index (χ2v) is 14.5. The maximum Gasteiger partial charge on any atom is 0.283 e. The van der Waals surface area contributed by atoms with Crippen LogP contribution in [0.1, 0.15) is 81.5 Å². The van der Waals surface area contributed by atoms with Crippen LogP contribution >= 0.6 is 11.8 Å². The molecule has 7 rings (SSSR count). The molecule has 1 aromatic rings. The molecule has 4 aliphatic carbocycles. The zero-order valence-electron chi connectivity index (χ0n) is 25.5. The van der Waals surface area contributed by atoms with Crippen LogP contribution in [0.25, 0.3) is 0 Å². The van der Waals surface area contributed by atoms with Crippen LogP contribution in [0.5, 0.6) is 0 Å². The Morgan fingerprint density at radius 2 is 1.71 bits per heavy atom. The summed E-state index contributed by atoms with van der Waals surface area (Å²) in [6.45, 7) is 1.69. The Morgan fingerprint density at radius 1 is 1.04 bits per heavy atom. The number of hydrogen-bond acceptors (Lipinski definition) is 8. The molecule has 4 fully saturated rings. The Labute approximate surface area is 266 Å². The average Bonchev–Trinajstić information content (AvgIpc) is 2.96. The van der Waals surface area contributed by atoms with Crippen molar-refractivity contribution in [3.05, 3.63) is 33.9 Å². The number of nitrogens with zero attached hydrogens (tertiary/aromatic N) is 1. The van der Waals surface area contributed by atoms with Crippen LogP contribution in [0.2, 0.25) is 0 Å². The standard InChI is InChI=1S/C31H42N6O7S/c1-17-28(40)36-22(27(32)39)4-2-3-7-33-30(42)23(16-45-25-6-5-21(29(41)34-17)11-24(25)37(43)44)35-26(38)15-31-12-18-8-19(13-31)10-20(9-18)14-31/h5-6,11,17-20,22-23H,2-4,7-10,12-16H2,1H3,(H2,32,39)(H,33,42)(H,34,41)(H,35,38)(H,36,40)/t17-,18?,19?,20?,22-,23-,31?/m1/s1. The Kier molecular flexibility index (Phi) is 10.00. The fourth-order valence-electron chi connectivity index (χ4n) is 8.11. The summed E-state index contributed by atoms with van der Waals surface area (Å²) in [6, 6.07) is 0.963. The number of carbonyl (C=O) groups excluding carboxylic acids is 5. The van der Waals surface area contributed by atoms with E-state index in [0.29, 0.717) is 37.0 Å². The van der Waals surface area contributed by atoms with Crippen molar-refractivity contribution in [2.75, 3.05) is 12.3 Å². The Balaban J connectivity index is 1.34. The number of primary amides is 1. The van der Waals surface area contributed by atoms with E-state index in [9.17, 15) is 34.1 Å². The van der Waals surface area contributed by atoms with Crippen LogP contribution < -0.4 is 27.0 Å². The molecular weight excluding hydrogens is 600 g/mol. The van der Waals surface area contributed by atoms with Crippen molar-refractivity contribution in [2.45, 2.75) is 94.2 Å². The van der Waals surface area contributed by atoms with E-state index in [-0.39, 0.29) is 46.2 Å². The first-order chi connectivity index (χ1) is 21.4. The number of carbonyl (C=O) groups is 5. The lowest BCUT2D eigenvalue weighted by Crippen LogP contribution is -2.52. The maximum absolute atomic E-state index is 13.5. The summed E-state index contributed by atoms with van der Waals surface area (Å²) in [7, 11) is 0. The SMILES string of the molecule is C[C@H]1NC(=O)c2ccc(c([N+](=O)[O-])c2)SC[C@@H](NC(=O)CC23CC4CC(CC(C4)C2)C3)C(=O)NCCCC[C@H](C(N)=O)NC1=O. The van der Waals surface area contributed by atoms with E-state index >= 15 is 0 Å². The van der Waals surface area contributed by atoms with Crippen molar-refractivity contribution in [1.29, 1.82) is 0 Å². The van der Waals surface area contributed by atoms with Crippen molar-refractivity contribution in [3.8, 4) is 0 Å². The summed E-state index contributed by atoms with van der Waals surface area (Å²) < 4.78 is 0. The Morgan fingerprint density at radius 3 is 2.33 bits per heavy atom. The molecule has 0 saturated heterocycles. The fraction of sp³-hybridized carbons (Fsp3) is 0.645. The van der Waals surface area contributed by atoms with Gasteiger partial charge in [0.2, 0.25) is 23.6 Å². The van der Waals surface area contributed by atoms with Crippen LogP contribution in [0, 0.1) is 33.3 Å². The minimum Gasteiger partial charge on any atom is -0.368 e. The molecule has 0 radical (unpaired) electrons. The summed E-state index contributed by atoms with van der Waals surface area (Å²) >= 11 is 1.06. The van der Waals surface area contributed by atoms with Crippen LogP contribution in [0.15, 0.2) is 23.1 Å². The van der Waals surface area contributed by atoms with E-state index in [0.717, 1.165) is 37.1 Å². The van der Waals surface area contributed by atoms with Gasteiger partial charge in [-0.3, -0.25) is 34.1 Å². The number of fused-ring (bicyclic) bond motifs is 16. The van der Waals surface area contributed by atoms with E-state index in [1.54, 1.807) is 0 Å². The number of hydrogen-bond donors (Lipinski definition) is 5. The number of nitro groups is 1. The van der Waals surface area contributed by atoms with Gasteiger partial charge in [0.1, 0.15) is 18.1 Å². The number of nitro benzene ring substituents is 1. The first-order valence-electron chi connectivity index (χ1n) is 15.8. The molecular formula is C31H42N6O7S. The third-order valence-electron chi connectivity index (χ3n) is 9.80. The molecule has 2 heterocycles. The normalized spacial score (nSPS) is 32.3. The van der Waals surface area contributed by atoms with Crippen LogP contribution in [-0.2, 0) is 19.2 Å². The summed E-state index contributed by atoms with van der Waals surface area (Å²) in [6.07, 6.45) is 8.46. The number of amides is 5. The molecule has 6 aliphatic rings. The molecule has 13 nitrogen and oxygen atoms in total. The molecule has 6 bridgehead atoms. The van der Waals surface area contributed by atoms with Crippen molar-refractivity contribution in [1.82, 2.24) is 21.3 Å². The van der Waals surface area contributed by atoms with Gasteiger partial charge in [-0.05, 0) is 100 Å². The zero-order valence-corrected chi connectivity index (χ0v) is 26.3. The van der Waals surface area contributed by atoms with Gasteiger partial charge >= 0.3 is 0 Å². The molecule has 3 atom stereocenters. The quantitative estimate of drug-likeness (QED) is 0.237. The van der Waals surface area contributed by atoms with E-state index in [1.165, 1.54) is 38.3 Å². The highest BCUT2D eigenvalue weighted by Gasteiger charge is 2.51. The highest BCUT2D eigenvalue weighted by atomic mass is 32.2. The van der Waals surface area contributed by atoms with Crippen molar-refractivity contribution in [3.63, 3.8) is 0 Å². The topological polar surface area (TPSA) is 203 Å². The zero-order chi connectivity index (χ0) is 32.3. The van der Waals surface area contributed by atoms with Crippen molar-refractivity contribution >= 4 is 47.0 Å².